The number of unbranched alkanes of at least 4 members (excludes halogenated alkanes) is 24. The molecule has 0 bridgehead atoms. The molecule has 0 amide bonds. The molecular formula is C55H94O6. The maximum Gasteiger partial charge on any atom is 0.101 e. The Labute approximate surface area is 375 Å². The molecular weight excluding hydrogens is 757 g/mol. The second-order valence-electron chi connectivity index (χ2n) is 18.8. The van der Waals surface area contributed by atoms with E-state index < -0.39 is 12.2 Å². The lowest BCUT2D eigenvalue weighted by Crippen LogP contribution is -2.22. The van der Waals surface area contributed by atoms with E-state index in [0.29, 0.717) is 39.6 Å². The monoisotopic (exact) mass is 851 g/mol. The number of aliphatic hydroxyl groups is 2. The molecule has 0 radical (unpaired) electrons. The summed E-state index contributed by atoms with van der Waals surface area (Å²) in [5.41, 5.74) is 2.26. The molecule has 1 aliphatic rings. The van der Waals surface area contributed by atoms with Crippen molar-refractivity contribution in [3.63, 3.8) is 0 Å². The van der Waals surface area contributed by atoms with Crippen molar-refractivity contribution in [3.8, 4) is 0 Å². The smallest absolute Gasteiger partial charge is 0.101 e. The molecule has 6 heteroatoms. The molecule has 1 saturated carbocycles. The zero-order valence-corrected chi connectivity index (χ0v) is 39.2. The minimum absolute atomic E-state index is 0.323. The Kier molecular flexibility index (Phi) is 34.9. The van der Waals surface area contributed by atoms with Gasteiger partial charge in [0.05, 0.1) is 39.6 Å². The highest BCUT2D eigenvalue weighted by atomic mass is 16.5. The van der Waals surface area contributed by atoms with Gasteiger partial charge in [0.1, 0.15) is 12.2 Å². The fraction of sp³-hybridized carbons (Fsp3) is 0.782. The van der Waals surface area contributed by atoms with Crippen LogP contribution in [0.4, 0.5) is 0 Å². The molecule has 2 aromatic rings. The van der Waals surface area contributed by atoms with Crippen LogP contribution in [0, 0.1) is 11.8 Å². The highest BCUT2D eigenvalue weighted by molar-refractivity contribution is 5.14. The summed E-state index contributed by atoms with van der Waals surface area (Å²) in [4.78, 5) is 0. The fourth-order valence-corrected chi connectivity index (χ4v) is 9.18. The Morgan fingerprint density at radius 2 is 0.639 bits per heavy atom. The number of hydrogen-bond acceptors (Lipinski definition) is 6. The van der Waals surface area contributed by atoms with Crippen molar-refractivity contribution in [2.45, 2.75) is 224 Å². The lowest BCUT2D eigenvalue weighted by Gasteiger charge is -2.12. The van der Waals surface area contributed by atoms with E-state index in [2.05, 4.69) is 0 Å². The number of hydrogen-bond donors (Lipinski definition) is 2. The van der Waals surface area contributed by atoms with Crippen LogP contribution in [0.1, 0.15) is 210 Å². The van der Waals surface area contributed by atoms with Crippen molar-refractivity contribution in [1.82, 2.24) is 0 Å². The predicted molar refractivity (Wildman–Crippen MR) is 256 cm³/mol. The summed E-state index contributed by atoms with van der Waals surface area (Å²) in [6.07, 6.45) is 42.2. The van der Waals surface area contributed by atoms with Crippen molar-refractivity contribution >= 4 is 0 Å². The van der Waals surface area contributed by atoms with E-state index in [1.807, 2.05) is 60.7 Å². The molecule has 0 aliphatic heterocycles. The average molecular weight is 851 g/mol. The van der Waals surface area contributed by atoms with Crippen LogP contribution in [0.25, 0.3) is 0 Å². The molecule has 2 aromatic carbocycles. The molecule has 0 heterocycles. The maximum atomic E-state index is 10.0. The van der Waals surface area contributed by atoms with Crippen LogP contribution in [0.3, 0.4) is 0 Å². The van der Waals surface area contributed by atoms with Gasteiger partial charge < -0.3 is 29.2 Å². The first-order chi connectivity index (χ1) is 30.2. The third-order valence-electron chi connectivity index (χ3n) is 12.9. The van der Waals surface area contributed by atoms with Gasteiger partial charge >= 0.3 is 0 Å². The van der Waals surface area contributed by atoms with Crippen molar-refractivity contribution < 1.29 is 29.2 Å². The quantitative estimate of drug-likeness (QED) is 0.0647. The molecule has 61 heavy (non-hydrogen) atoms. The summed E-state index contributed by atoms with van der Waals surface area (Å²) < 4.78 is 22.5. The zero-order chi connectivity index (χ0) is 42.9. The molecule has 4 atom stereocenters. The Morgan fingerprint density at radius 1 is 0.361 bits per heavy atom. The van der Waals surface area contributed by atoms with E-state index in [1.54, 1.807) is 0 Å². The molecule has 0 saturated heterocycles. The van der Waals surface area contributed by atoms with E-state index >= 15 is 0 Å². The first-order valence-electron chi connectivity index (χ1n) is 25.9. The second kappa shape index (κ2) is 39.8. The van der Waals surface area contributed by atoms with Gasteiger partial charge in [-0.05, 0) is 42.2 Å². The van der Waals surface area contributed by atoms with Crippen molar-refractivity contribution in [1.29, 1.82) is 0 Å². The van der Waals surface area contributed by atoms with Crippen molar-refractivity contribution in [3.05, 3.63) is 71.8 Å². The van der Waals surface area contributed by atoms with Crippen LogP contribution < -0.4 is 0 Å². The molecule has 1 fully saturated rings. The van der Waals surface area contributed by atoms with Gasteiger partial charge in [0, 0.05) is 13.2 Å². The number of benzene rings is 2. The number of rotatable bonds is 44. The van der Waals surface area contributed by atoms with Gasteiger partial charge in [-0.3, -0.25) is 0 Å². The Morgan fingerprint density at radius 3 is 0.967 bits per heavy atom. The Bertz CT molecular complexity index is 1090. The molecule has 2 N–H and O–H groups in total. The minimum Gasteiger partial charge on any atom is -0.388 e. The van der Waals surface area contributed by atoms with Crippen LogP contribution >= 0.6 is 0 Å². The summed E-state index contributed by atoms with van der Waals surface area (Å²) in [7, 11) is 0. The highest BCUT2D eigenvalue weighted by Gasteiger charge is 2.23. The summed E-state index contributed by atoms with van der Waals surface area (Å²) in [6.45, 7) is 3.92. The van der Waals surface area contributed by atoms with Gasteiger partial charge in [-0.2, -0.15) is 0 Å². The molecule has 3 rings (SSSR count). The standard InChI is InChI=1S/C55H94O6/c56-54(48-60-44-52-35-27-23-28-36-52)46-58-41-31-21-17-13-9-5-1-3-7-11-15-19-25-33-50-39-40-51(43-50)34-26-20-16-12-8-4-2-6-10-14-18-22-32-42-59-47-55(57)49-61-45-53-37-29-24-30-38-53/h23-24,27-30,35-38,50-51,54-57H,1-22,25-26,31-34,39-49H2/t50-,51+,54-,55-/m0/s1. The van der Waals surface area contributed by atoms with Gasteiger partial charge in [-0.25, -0.2) is 0 Å². The lowest BCUT2D eigenvalue weighted by molar-refractivity contribution is -0.0239. The van der Waals surface area contributed by atoms with Crippen molar-refractivity contribution in [2.24, 2.45) is 11.8 Å². The molecule has 0 spiro atoms. The molecule has 0 unspecified atom stereocenters. The second-order valence-corrected chi connectivity index (χ2v) is 18.8. The van der Waals surface area contributed by atoms with E-state index in [0.717, 1.165) is 49.0 Å². The van der Waals surface area contributed by atoms with Crippen LogP contribution in [0.5, 0.6) is 0 Å². The molecule has 1 aliphatic carbocycles. The molecule has 0 aromatic heterocycles. The summed E-state index contributed by atoms with van der Waals surface area (Å²) >= 11 is 0. The Hall–Kier alpha value is -1.80. The molecule has 6 nitrogen and oxygen atoms in total. The fourth-order valence-electron chi connectivity index (χ4n) is 9.18. The first kappa shape index (κ1) is 53.5. The van der Waals surface area contributed by atoms with Gasteiger partial charge in [0.2, 0.25) is 0 Å². The third kappa shape index (κ3) is 32.5. The maximum absolute atomic E-state index is 10.0. The molecule has 350 valence electrons. The largest absolute Gasteiger partial charge is 0.388 e. The average Bonchev–Trinajstić information content (AvgIpc) is 3.74. The van der Waals surface area contributed by atoms with Gasteiger partial charge in [0.25, 0.3) is 0 Å². The zero-order valence-electron chi connectivity index (χ0n) is 39.2. The predicted octanol–water partition coefficient (Wildman–Crippen LogP) is 14.5. The lowest BCUT2D eigenvalue weighted by atomic mass is 9.95. The highest BCUT2D eigenvalue weighted by Crippen LogP contribution is 2.37. The SMILES string of the molecule is O[C@@H](COCCCCCCCCCCCCCCC[C@@H]1CC[C@H](CCCCCCCCCCCCCCCOC[C@H](O)COCc2ccccc2)C1)COCc1ccccc1. The normalized spacial score (nSPS) is 16.4. The van der Waals surface area contributed by atoms with Crippen LogP contribution in [0.15, 0.2) is 60.7 Å². The minimum atomic E-state index is -0.547. The van der Waals surface area contributed by atoms with Crippen LogP contribution in [-0.2, 0) is 32.2 Å². The van der Waals surface area contributed by atoms with Gasteiger partial charge in [-0.1, -0.05) is 240 Å². The van der Waals surface area contributed by atoms with E-state index in [4.69, 9.17) is 18.9 Å². The van der Waals surface area contributed by atoms with Crippen LogP contribution in [-0.4, -0.2) is 62.1 Å². The Balaban J connectivity index is 0.927. The van der Waals surface area contributed by atoms with E-state index in [1.165, 1.54) is 186 Å². The van der Waals surface area contributed by atoms with E-state index in [9.17, 15) is 10.2 Å². The summed E-state index contributed by atoms with van der Waals surface area (Å²) in [5.74, 6) is 2.08. The van der Waals surface area contributed by atoms with E-state index in [-0.39, 0.29) is 0 Å². The summed E-state index contributed by atoms with van der Waals surface area (Å²) in [5, 5.41) is 20.1. The topological polar surface area (TPSA) is 77.4 Å². The summed E-state index contributed by atoms with van der Waals surface area (Å²) in [6, 6.07) is 20.1. The third-order valence-corrected chi connectivity index (χ3v) is 12.9. The van der Waals surface area contributed by atoms with Gasteiger partial charge in [-0.15, -0.1) is 0 Å². The first-order valence-corrected chi connectivity index (χ1v) is 25.9. The number of aliphatic hydroxyl groups excluding tert-OH is 2. The number of ether oxygens (including phenoxy) is 4. The van der Waals surface area contributed by atoms with Crippen molar-refractivity contribution in [2.75, 3.05) is 39.6 Å². The van der Waals surface area contributed by atoms with Gasteiger partial charge in [0.15, 0.2) is 0 Å². The van der Waals surface area contributed by atoms with Crippen LogP contribution in [0.2, 0.25) is 0 Å².